The van der Waals surface area contributed by atoms with E-state index in [0.717, 1.165) is 23.4 Å². The Morgan fingerprint density at radius 1 is 1.43 bits per heavy atom. The number of unbranched alkanes of at least 4 members (excludes halogenated alkanes) is 1. The maximum Gasteiger partial charge on any atom is 0.235 e. The fraction of sp³-hybridized carbons (Fsp3) is 0.467. The third kappa shape index (κ3) is 6.88. The Hall–Kier alpha value is -1.17. The minimum Gasteiger partial charge on any atom is -0.413 e. The average molecular weight is 328 g/mol. The fourth-order valence-electron chi connectivity index (χ4n) is 1.90. The van der Waals surface area contributed by atoms with Crippen molar-refractivity contribution in [3.63, 3.8) is 0 Å². The lowest BCUT2D eigenvalue weighted by Gasteiger charge is -2.23. The highest BCUT2D eigenvalue weighted by Gasteiger charge is 2.21. The third-order valence-electron chi connectivity index (χ3n) is 3.21. The second-order valence-electron chi connectivity index (χ2n) is 5.60. The van der Waals surface area contributed by atoms with Gasteiger partial charge in [-0.25, -0.2) is 0 Å². The van der Waals surface area contributed by atoms with Gasteiger partial charge < -0.3 is 4.43 Å². The van der Waals surface area contributed by atoms with Crippen LogP contribution in [0, 0.1) is 10.1 Å². The first-order valence-corrected chi connectivity index (χ1v) is 10.6. The van der Waals surface area contributed by atoms with Gasteiger partial charge in [0, 0.05) is 11.1 Å². The molecule has 1 aromatic rings. The van der Waals surface area contributed by atoms with Gasteiger partial charge in [-0.05, 0) is 42.4 Å². The molecular formula is C15H22ClNO3Si. The lowest BCUT2D eigenvalue weighted by atomic mass is 10.1. The van der Waals surface area contributed by atoms with E-state index in [1.807, 2.05) is 6.07 Å². The zero-order valence-corrected chi connectivity index (χ0v) is 14.5. The molecule has 0 aliphatic rings. The molecule has 1 rings (SSSR count). The van der Waals surface area contributed by atoms with Crippen molar-refractivity contribution < 1.29 is 9.35 Å². The Labute approximate surface area is 132 Å². The largest absolute Gasteiger partial charge is 0.413 e. The summed E-state index contributed by atoms with van der Waals surface area (Å²) < 4.78 is 6.08. The number of benzene rings is 1. The van der Waals surface area contributed by atoms with Crippen LogP contribution in [0.15, 0.2) is 24.4 Å². The maximum absolute atomic E-state index is 10.4. The number of nitrogens with zero attached hydrogens (tertiary/aromatic N) is 1. The van der Waals surface area contributed by atoms with Crippen LogP contribution in [-0.2, 0) is 11.0 Å². The molecule has 0 spiro atoms. The van der Waals surface area contributed by atoms with E-state index in [-0.39, 0.29) is 0 Å². The first-order chi connectivity index (χ1) is 9.84. The third-order valence-corrected chi connectivity index (χ3v) is 6.06. The van der Waals surface area contributed by atoms with E-state index < -0.39 is 13.2 Å². The molecule has 0 N–H and O–H groups in total. The van der Waals surface area contributed by atoms with E-state index in [1.54, 1.807) is 12.1 Å². The van der Waals surface area contributed by atoms with E-state index in [0.29, 0.717) is 11.6 Å². The van der Waals surface area contributed by atoms with Crippen molar-refractivity contribution in [1.29, 1.82) is 0 Å². The number of hydrogen-bond acceptors (Lipinski definition) is 3. The molecule has 116 valence electrons. The molecule has 0 amide bonds. The SMILES string of the molecule is CCCC[Si](C)(C)OCc1cc(/C=C/[N+](=O)[O-])ccc1Cl. The molecule has 0 aliphatic heterocycles. The standard InChI is InChI=1S/C15H22ClNO3Si/c1-4-5-10-21(2,3)20-12-14-11-13(6-7-15(14)16)8-9-17(18)19/h6-9,11H,4-5,10,12H2,1-3H3/b9-8+. The number of rotatable bonds is 8. The second-order valence-corrected chi connectivity index (χ2v) is 10.3. The van der Waals surface area contributed by atoms with Crippen molar-refractivity contribution in [1.82, 2.24) is 0 Å². The van der Waals surface area contributed by atoms with Gasteiger partial charge in [0.15, 0.2) is 8.32 Å². The minimum atomic E-state index is -1.67. The molecule has 0 fully saturated rings. The van der Waals surface area contributed by atoms with Gasteiger partial charge in [0.25, 0.3) is 0 Å². The molecule has 6 heteroatoms. The van der Waals surface area contributed by atoms with Crippen molar-refractivity contribution in [3.8, 4) is 0 Å². The molecule has 0 aromatic heterocycles. The van der Waals surface area contributed by atoms with Crippen LogP contribution in [0.3, 0.4) is 0 Å². The van der Waals surface area contributed by atoms with Crippen LogP contribution in [0.1, 0.15) is 30.9 Å². The summed E-state index contributed by atoms with van der Waals surface area (Å²) in [5.41, 5.74) is 1.63. The predicted octanol–water partition coefficient (Wildman–Crippen LogP) is 5.11. The van der Waals surface area contributed by atoms with Gasteiger partial charge in [0.05, 0.1) is 11.5 Å². The smallest absolute Gasteiger partial charge is 0.235 e. The van der Waals surface area contributed by atoms with E-state index >= 15 is 0 Å². The van der Waals surface area contributed by atoms with Gasteiger partial charge >= 0.3 is 0 Å². The highest BCUT2D eigenvalue weighted by molar-refractivity contribution is 6.71. The van der Waals surface area contributed by atoms with E-state index in [2.05, 4.69) is 20.0 Å². The van der Waals surface area contributed by atoms with Crippen LogP contribution in [0.4, 0.5) is 0 Å². The summed E-state index contributed by atoms with van der Waals surface area (Å²) in [4.78, 5) is 9.87. The lowest BCUT2D eigenvalue weighted by molar-refractivity contribution is -0.400. The van der Waals surface area contributed by atoms with Crippen molar-refractivity contribution in [2.24, 2.45) is 0 Å². The highest BCUT2D eigenvalue weighted by atomic mass is 35.5. The molecule has 4 nitrogen and oxygen atoms in total. The molecular weight excluding hydrogens is 306 g/mol. The Morgan fingerprint density at radius 2 is 2.14 bits per heavy atom. The Bertz CT molecular complexity index is 518. The molecule has 0 heterocycles. The minimum absolute atomic E-state index is 0.460. The molecule has 0 atom stereocenters. The first kappa shape index (κ1) is 17.9. The molecule has 0 radical (unpaired) electrons. The van der Waals surface area contributed by atoms with Crippen LogP contribution < -0.4 is 0 Å². The Kier molecular flexibility index (Phi) is 7.08. The van der Waals surface area contributed by atoms with Gasteiger partial charge in [-0.15, -0.1) is 0 Å². The topological polar surface area (TPSA) is 52.4 Å². The average Bonchev–Trinajstić information content (AvgIpc) is 2.43. The first-order valence-electron chi connectivity index (χ1n) is 7.08. The molecule has 0 saturated heterocycles. The number of halogens is 1. The number of hydrogen-bond donors (Lipinski definition) is 0. The summed E-state index contributed by atoms with van der Waals surface area (Å²) in [6.45, 7) is 7.04. The maximum atomic E-state index is 10.4. The van der Waals surface area contributed by atoms with E-state index in [9.17, 15) is 10.1 Å². The van der Waals surface area contributed by atoms with E-state index in [4.69, 9.17) is 16.0 Å². The summed E-state index contributed by atoms with van der Waals surface area (Å²) in [5.74, 6) is 0. The predicted molar refractivity (Wildman–Crippen MR) is 89.5 cm³/mol. The molecule has 0 aliphatic carbocycles. The Balaban J connectivity index is 2.74. The van der Waals surface area contributed by atoms with Crippen molar-refractivity contribution in [3.05, 3.63) is 50.7 Å². The van der Waals surface area contributed by atoms with Gasteiger partial charge in [0.2, 0.25) is 6.20 Å². The summed E-state index contributed by atoms with van der Waals surface area (Å²) in [6.07, 6.45) is 4.73. The zero-order chi connectivity index (χ0) is 15.9. The van der Waals surface area contributed by atoms with Gasteiger partial charge in [-0.3, -0.25) is 10.1 Å². The molecule has 21 heavy (non-hydrogen) atoms. The van der Waals surface area contributed by atoms with Crippen molar-refractivity contribution >= 4 is 26.0 Å². The quantitative estimate of drug-likeness (QED) is 0.379. The molecule has 0 unspecified atom stereocenters. The van der Waals surface area contributed by atoms with Crippen LogP contribution in [0.2, 0.25) is 24.2 Å². The fourth-order valence-corrected chi connectivity index (χ4v) is 3.97. The normalized spacial score (nSPS) is 12.0. The van der Waals surface area contributed by atoms with E-state index in [1.165, 1.54) is 18.9 Å². The zero-order valence-electron chi connectivity index (χ0n) is 12.8. The van der Waals surface area contributed by atoms with Crippen molar-refractivity contribution in [2.75, 3.05) is 0 Å². The Morgan fingerprint density at radius 3 is 2.76 bits per heavy atom. The van der Waals surface area contributed by atoms with Crippen LogP contribution in [0.5, 0.6) is 0 Å². The van der Waals surface area contributed by atoms with Crippen LogP contribution in [0.25, 0.3) is 6.08 Å². The van der Waals surface area contributed by atoms with Gasteiger partial charge in [-0.2, -0.15) is 0 Å². The van der Waals surface area contributed by atoms with Gasteiger partial charge in [0.1, 0.15) is 0 Å². The van der Waals surface area contributed by atoms with Crippen LogP contribution in [-0.4, -0.2) is 13.2 Å². The summed E-state index contributed by atoms with van der Waals surface area (Å²) >= 11 is 6.17. The molecule has 0 bridgehead atoms. The molecule has 0 saturated carbocycles. The lowest BCUT2D eigenvalue weighted by Crippen LogP contribution is -2.29. The van der Waals surface area contributed by atoms with Gasteiger partial charge in [-0.1, -0.05) is 37.4 Å². The van der Waals surface area contributed by atoms with Crippen LogP contribution >= 0.6 is 11.6 Å². The number of nitro groups is 1. The second kappa shape index (κ2) is 8.31. The highest BCUT2D eigenvalue weighted by Crippen LogP contribution is 2.23. The monoisotopic (exact) mass is 327 g/mol. The van der Waals surface area contributed by atoms with Crippen molar-refractivity contribution in [2.45, 2.75) is 45.5 Å². The molecule has 1 aromatic carbocycles. The summed E-state index contributed by atoms with van der Waals surface area (Å²) in [5, 5.41) is 11.0. The summed E-state index contributed by atoms with van der Waals surface area (Å²) in [7, 11) is -1.67. The summed E-state index contributed by atoms with van der Waals surface area (Å²) in [6, 6.07) is 6.47.